The second kappa shape index (κ2) is 4.73. The van der Waals surface area contributed by atoms with Gasteiger partial charge in [-0.3, -0.25) is 4.79 Å². The highest BCUT2D eigenvalue weighted by molar-refractivity contribution is 6.36. The average molecular weight is 254 g/mol. The summed E-state index contributed by atoms with van der Waals surface area (Å²) in [7, 11) is 0. The summed E-state index contributed by atoms with van der Waals surface area (Å²) in [5.74, 6) is -0.286. The van der Waals surface area contributed by atoms with Crippen LogP contribution in [-0.4, -0.2) is 11.8 Å². The van der Waals surface area contributed by atoms with Gasteiger partial charge in [-0.25, -0.2) is 0 Å². The second-order valence-corrected chi connectivity index (χ2v) is 4.00. The molecule has 0 saturated heterocycles. The Bertz CT molecular complexity index is 540. The number of amides is 1. The predicted molar refractivity (Wildman–Crippen MR) is 68.3 cm³/mol. The number of anilines is 1. The van der Waals surface area contributed by atoms with E-state index in [0.717, 1.165) is 16.5 Å². The Hall–Kier alpha value is -1.25. The number of carbonyl (C=O) groups is 1. The van der Waals surface area contributed by atoms with E-state index < -0.39 is 0 Å². The molecule has 2 nitrogen and oxygen atoms in total. The van der Waals surface area contributed by atoms with Crippen molar-refractivity contribution in [2.24, 2.45) is 0 Å². The lowest BCUT2D eigenvalue weighted by atomic mass is 10.1. The SMILES string of the molecule is O=C(CCl)Nc1ccc(Cl)c2ccccc12. The molecule has 0 aliphatic heterocycles. The Morgan fingerprint density at radius 3 is 2.50 bits per heavy atom. The van der Waals surface area contributed by atoms with Gasteiger partial charge in [0.2, 0.25) is 5.91 Å². The Balaban J connectivity index is 2.54. The van der Waals surface area contributed by atoms with Gasteiger partial charge in [0, 0.05) is 21.5 Å². The van der Waals surface area contributed by atoms with Crippen LogP contribution in [0.4, 0.5) is 5.69 Å². The van der Waals surface area contributed by atoms with Crippen molar-refractivity contribution in [2.75, 3.05) is 11.2 Å². The van der Waals surface area contributed by atoms with Gasteiger partial charge in [-0.1, -0.05) is 35.9 Å². The molecule has 0 unspecified atom stereocenters. The maximum Gasteiger partial charge on any atom is 0.239 e. The first-order valence-electron chi connectivity index (χ1n) is 4.75. The summed E-state index contributed by atoms with van der Waals surface area (Å²) >= 11 is 11.5. The van der Waals surface area contributed by atoms with E-state index in [-0.39, 0.29) is 11.8 Å². The lowest BCUT2D eigenvalue weighted by molar-refractivity contribution is -0.113. The molecule has 1 amide bonds. The first-order valence-corrected chi connectivity index (χ1v) is 5.66. The third kappa shape index (κ3) is 2.13. The molecule has 0 spiro atoms. The first-order chi connectivity index (χ1) is 7.72. The van der Waals surface area contributed by atoms with Crippen molar-refractivity contribution >= 4 is 45.6 Å². The van der Waals surface area contributed by atoms with Crippen LogP contribution in [0.1, 0.15) is 0 Å². The van der Waals surface area contributed by atoms with Crippen LogP contribution in [0.25, 0.3) is 10.8 Å². The average Bonchev–Trinajstić information content (AvgIpc) is 2.33. The van der Waals surface area contributed by atoms with Crippen molar-refractivity contribution < 1.29 is 4.79 Å². The summed E-state index contributed by atoms with van der Waals surface area (Å²) in [4.78, 5) is 11.2. The standard InChI is InChI=1S/C12H9Cl2NO/c13-7-12(16)15-11-6-5-10(14)8-3-1-2-4-9(8)11/h1-6H,7H2,(H,15,16). The van der Waals surface area contributed by atoms with E-state index in [1.165, 1.54) is 0 Å². The fourth-order valence-corrected chi connectivity index (χ4v) is 1.85. The number of alkyl halides is 1. The van der Waals surface area contributed by atoms with Crippen molar-refractivity contribution in [1.29, 1.82) is 0 Å². The molecular weight excluding hydrogens is 245 g/mol. The number of halogens is 2. The van der Waals surface area contributed by atoms with E-state index in [1.54, 1.807) is 12.1 Å². The summed E-state index contributed by atoms with van der Waals surface area (Å²) in [6.45, 7) is 0. The minimum atomic E-state index is -0.228. The number of hydrogen-bond acceptors (Lipinski definition) is 1. The number of rotatable bonds is 2. The van der Waals surface area contributed by atoms with Crippen molar-refractivity contribution in [2.45, 2.75) is 0 Å². The maximum absolute atomic E-state index is 11.2. The van der Waals surface area contributed by atoms with Crippen LogP contribution in [0.3, 0.4) is 0 Å². The van der Waals surface area contributed by atoms with Gasteiger partial charge in [-0.05, 0) is 12.1 Å². The summed E-state index contributed by atoms with van der Waals surface area (Å²) < 4.78 is 0. The van der Waals surface area contributed by atoms with Crippen LogP contribution in [0.2, 0.25) is 5.02 Å². The largest absolute Gasteiger partial charge is 0.324 e. The van der Waals surface area contributed by atoms with Crippen LogP contribution < -0.4 is 5.32 Å². The number of benzene rings is 2. The van der Waals surface area contributed by atoms with E-state index in [2.05, 4.69) is 5.32 Å². The lowest BCUT2D eigenvalue weighted by Crippen LogP contribution is -2.12. The van der Waals surface area contributed by atoms with Gasteiger partial charge in [0.15, 0.2) is 0 Å². The molecule has 0 aromatic heterocycles. The fourth-order valence-electron chi connectivity index (χ4n) is 1.55. The highest BCUT2D eigenvalue weighted by Gasteiger charge is 2.06. The smallest absolute Gasteiger partial charge is 0.239 e. The number of fused-ring (bicyclic) bond motifs is 1. The molecule has 0 fully saturated rings. The van der Waals surface area contributed by atoms with Gasteiger partial charge in [0.05, 0.1) is 0 Å². The molecule has 0 aliphatic carbocycles. The number of hydrogen-bond donors (Lipinski definition) is 1. The fraction of sp³-hybridized carbons (Fsp3) is 0.0833. The van der Waals surface area contributed by atoms with E-state index in [4.69, 9.17) is 23.2 Å². The zero-order valence-corrected chi connectivity index (χ0v) is 9.85. The first kappa shape index (κ1) is 11.2. The molecule has 82 valence electrons. The molecule has 2 aromatic carbocycles. The summed E-state index contributed by atoms with van der Waals surface area (Å²) in [5.41, 5.74) is 0.727. The molecule has 0 heterocycles. The van der Waals surface area contributed by atoms with E-state index in [1.807, 2.05) is 24.3 Å². The Morgan fingerprint density at radius 2 is 1.81 bits per heavy atom. The van der Waals surface area contributed by atoms with Crippen LogP contribution >= 0.6 is 23.2 Å². The molecule has 0 atom stereocenters. The topological polar surface area (TPSA) is 29.1 Å². The molecule has 1 N–H and O–H groups in total. The molecule has 2 aromatic rings. The minimum Gasteiger partial charge on any atom is -0.324 e. The third-order valence-electron chi connectivity index (χ3n) is 2.27. The normalized spacial score (nSPS) is 10.4. The van der Waals surface area contributed by atoms with E-state index >= 15 is 0 Å². The maximum atomic E-state index is 11.2. The van der Waals surface area contributed by atoms with E-state index in [9.17, 15) is 4.79 Å². The summed E-state index contributed by atoms with van der Waals surface area (Å²) in [6, 6.07) is 11.2. The quantitative estimate of drug-likeness (QED) is 0.814. The van der Waals surface area contributed by atoms with Gasteiger partial charge in [0.25, 0.3) is 0 Å². The van der Waals surface area contributed by atoms with Gasteiger partial charge < -0.3 is 5.32 Å². The summed E-state index contributed by atoms with van der Waals surface area (Å²) in [5, 5.41) is 5.22. The van der Waals surface area contributed by atoms with Crippen LogP contribution in [0.5, 0.6) is 0 Å². The second-order valence-electron chi connectivity index (χ2n) is 3.32. The van der Waals surface area contributed by atoms with Crippen LogP contribution in [0, 0.1) is 0 Å². The molecule has 0 saturated carbocycles. The zero-order valence-electron chi connectivity index (χ0n) is 8.34. The van der Waals surface area contributed by atoms with Crippen molar-refractivity contribution in [1.82, 2.24) is 0 Å². The summed E-state index contributed by atoms with van der Waals surface area (Å²) in [6.07, 6.45) is 0. The molecular formula is C12H9Cl2NO. The lowest BCUT2D eigenvalue weighted by Gasteiger charge is -2.08. The Labute approximate surface area is 103 Å². The molecule has 16 heavy (non-hydrogen) atoms. The highest BCUT2D eigenvalue weighted by atomic mass is 35.5. The van der Waals surface area contributed by atoms with Gasteiger partial charge in [-0.2, -0.15) is 0 Å². The molecule has 0 aliphatic rings. The van der Waals surface area contributed by atoms with Crippen LogP contribution in [0.15, 0.2) is 36.4 Å². The molecule has 0 bridgehead atoms. The molecule has 2 rings (SSSR count). The molecule has 0 radical (unpaired) electrons. The predicted octanol–water partition coefficient (Wildman–Crippen LogP) is 3.67. The van der Waals surface area contributed by atoms with Crippen molar-refractivity contribution in [3.05, 3.63) is 41.4 Å². The zero-order chi connectivity index (χ0) is 11.5. The van der Waals surface area contributed by atoms with Crippen molar-refractivity contribution in [3.8, 4) is 0 Å². The van der Waals surface area contributed by atoms with Crippen LogP contribution in [-0.2, 0) is 4.79 Å². The number of nitrogens with one attached hydrogen (secondary N) is 1. The van der Waals surface area contributed by atoms with E-state index in [0.29, 0.717) is 5.02 Å². The monoisotopic (exact) mass is 253 g/mol. The van der Waals surface area contributed by atoms with Crippen molar-refractivity contribution in [3.63, 3.8) is 0 Å². The Morgan fingerprint density at radius 1 is 1.12 bits per heavy atom. The van der Waals surface area contributed by atoms with Gasteiger partial charge >= 0.3 is 0 Å². The Kier molecular flexibility index (Phi) is 3.32. The minimum absolute atomic E-state index is 0.0586. The van der Waals surface area contributed by atoms with Gasteiger partial charge in [0.1, 0.15) is 5.88 Å². The molecule has 4 heteroatoms. The third-order valence-corrected chi connectivity index (χ3v) is 2.84. The number of carbonyl (C=O) groups excluding carboxylic acids is 1. The highest BCUT2D eigenvalue weighted by Crippen LogP contribution is 2.29. The van der Waals surface area contributed by atoms with Gasteiger partial charge in [-0.15, -0.1) is 11.6 Å².